The molecule has 0 aliphatic rings. The fourth-order valence-corrected chi connectivity index (χ4v) is 2.58. The average Bonchev–Trinajstić information content (AvgIpc) is 2.73. The summed E-state index contributed by atoms with van der Waals surface area (Å²) in [7, 11) is 3.42. The van der Waals surface area contributed by atoms with Gasteiger partial charge < -0.3 is 15.0 Å². The number of carbonyl (C=O) groups excluding carboxylic acids is 1. The first-order valence-electron chi connectivity index (χ1n) is 8.67. The van der Waals surface area contributed by atoms with E-state index in [1.54, 1.807) is 43.7 Å². The Labute approximate surface area is 158 Å². The summed E-state index contributed by atoms with van der Waals surface area (Å²) >= 11 is 0. The molecule has 0 saturated heterocycles. The van der Waals surface area contributed by atoms with Crippen LogP contribution in [0.2, 0.25) is 0 Å². The number of rotatable bonds is 7. The SMILES string of the molecule is COc1ccc(Nc2ccc(C(=O)N(C)CCc3ccncc3)nc2)cc1. The highest BCUT2D eigenvalue weighted by molar-refractivity contribution is 5.92. The molecule has 2 aromatic heterocycles. The predicted octanol–water partition coefficient (Wildman–Crippen LogP) is 3.54. The Kier molecular flexibility index (Phi) is 5.99. The predicted molar refractivity (Wildman–Crippen MR) is 105 cm³/mol. The minimum Gasteiger partial charge on any atom is -0.497 e. The highest BCUT2D eigenvalue weighted by Gasteiger charge is 2.13. The van der Waals surface area contributed by atoms with Crippen molar-refractivity contribution in [3.8, 4) is 5.75 Å². The molecule has 27 heavy (non-hydrogen) atoms. The van der Waals surface area contributed by atoms with E-state index in [9.17, 15) is 4.79 Å². The number of benzene rings is 1. The lowest BCUT2D eigenvalue weighted by molar-refractivity contribution is 0.0791. The number of anilines is 2. The molecular weight excluding hydrogens is 340 g/mol. The van der Waals surface area contributed by atoms with Gasteiger partial charge in [-0.15, -0.1) is 0 Å². The van der Waals surface area contributed by atoms with E-state index in [1.165, 1.54) is 0 Å². The van der Waals surface area contributed by atoms with Gasteiger partial charge in [-0.25, -0.2) is 4.98 Å². The Hall–Kier alpha value is -3.41. The van der Waals surface area contributed by atoms with Gasteiger partial charge in [-0.2, -0.15) is 0 Å². The summed E-state index contributed by atoms with van der Waals surface area (Å²) in [6.45, 7) is 0.621. The number of ether oxygens (including phenoxy) is 1. The summed E-state index contributed by atoms with van der Waals surface area (Å²) in [5.74, 6) is 0.703. The molecule has 0 aliphatic carbocycles. The van der Waals surface area contributed by atoms with Gasteiger partial charge in [0.05, 0.1) is 19.0 Å². The van der Waals surface area contributed by atoms with E-state index in [-0.39, 0.29) is 5.91 Å². The topological polar surface area (TPSA) is 67.3 Å². The lowest BCUT2D eigenvalue weighted by Gasteiger charge is -2.17. The van der Waals surface area contributed by atoms with Gasteiger partial charge in [0.25, 0.3) is 5.91 Å². The fraction of sp³-hybridized carbons (Fsp3) is 0.190. The third-order valence-corrected chi connectivity index (χ3v) is 4.19. The van der Waals surface area contributed by atoms with Crippen LogP contribution >= 0.6 is 0 Å². The number of pyridine rings is 2. The van der Waals surface area contributed by atoms with Crippen molar-refractivity contribution in [3.63, 3.8) is 0 Å². The van der Waals surface area contributed by atoms with E-state index in [0.717, 1.165) is 29.1 Å². The monoisotopic (exact) mass is 362 g/mol. The van der Waals surface area contributed by atoms with E-state index in [4.69, 9.17) is 4.74 Å². The van der Waals surface area contributed by atoms with Crippen LogP contribution in [0.5, 0.6) is 5.75 Å². The third-order valence-electron chi connectivity index (χ3n) is 4.19. The molecule has 0 unspecified atom stereocenters. The van der Waals surface area contributed by atoms with Gasteiger partial charge in [0.1, 0.15) is 11.4 Å². The van der Waals surface area contributed by atoms with Crippen LogP contribution in [0.15, 0.2) is 67.1 Å². The molecule has 3 rings (SSSR count). The van der Waals surface area contributed by atoms with Crippen molar-refractivity contribution < 1.29 is 9.53 Å². The second-order valence-electron chi connectivity index (χ2n) is 6.12. The van der Waals surface area contributed by atoms with Gasteiger partial charge in [-0.05, 0) is 60.5 Å². The molecule has 6 nitrogen and oxygen atoms in total. The number of aromatic nitrogens is 2. The van der Waals surface area contributed by atoms with Crippen molar-refractivity contribution in [3.05, 3.63) is 78.4 Å². The maximum Gasteiger partial charge on any atom is 0.272 e. The summed E-state index contributed by atoms with van der Waals surface area (Å²) in [4.78, 5) is 22.5. The lowest BCUT2D eigenvalue weighted by atomic mass is 10.2. The maximum absolute atomic E-state index is 12.5. The average molecular weight is 362 g/mol. The Morgan fingerprint density at radius 3 is 2.37 bits per heavy atom. The second-order valence-corrected chi connectivity index (χ2v) is 6.12. The highest BCUT2D eigenvalue weighted by atomic mass is 16.5. The Bertz CT molecular complexity index is 865. The van der Waals surface area contributed by atoms with Gasteiger partial charge in [-0.1, -0.05) is 0 Å². The largest absolute Gasteiger partial charge is 0.497 e. The van der Waals surface area contributed by atoms with Gasteiger partial charge in [0, 0.05) is 31.7 Å². The summed E-state index contributed by atoms with van der Waals surface area (Å²) in [6.07, 6.45) is 5.95. The molecule has 0 spiro atoms. The lowest BCUT2D eigenvalue weighted by Crippen LogP contribution is -2.29. The molecule has 0 radical (unpaired) electrons. The summed E-state index contributed by atoms with van der Waals surface area (Å²) < 4.78 is 5.15. The van der Waals surface area contributed by atoms with Crippen molar-refractivity contribution in [1.29, 1.82) is 0 Å². The first-order chi connectivity index (χ1) is 13.2. The maximum atomic E-state index is 12.5. The van der Waals surface area contributed by atoms with Gasteiger partial charge in [0.2, 0.25) is 0 Å². The number of carbonyl (C=O) groups is 1. The first-order valence-corrected chi connectivity index (χ1v) is 8.67. The van der Waals surface area contributed by atoms with Crippen LogP contribution in [0.25, 0.3) is 0 Å². The molecule has 6 heteroatoms. The smallest absolute Gasteiger partial charge is 0.272 e. The summed E-state index contributed by atoms with van der Waals surface area (Å²) in [5, 5.41) is 3.25. The van der Waals surface area contributed by atoms with Crippen molar-refractivity contribution in [2.45, 2.75) is 6.42 Å². The van der Waals surface area contributed by atoms with E-state index in [0.29, 0.717) is 12.2 Å². The number of nitrogens with zero attached hydrogens (tertiary/aromatic N) is 3. The van der Waals surface area contributed by atoms with Crippen molar-refractivity contribution in [2.75, 3.05) is 26.0 Å². The van der Waals surface area contributed by atoms with Crippen LogP contribution in [0.3, 0.4) is 0 Å². The zero-order valence-corrected chi connectivity index (χ0v) is 15.4. The summed E-state index contributed by atoms with van der Waals surface area (Å²) in [6, 6.07) is 15.1. The number of nitrogens with one attached hydrogen (secondary N) is 1. The number of hydrogen-bond acceptors (Lipinski definition) is 5. The van der Waals surface area contributed by atoms with E-state index in [2.05, 4.69) is 15.3 Å². The van der Waals surface area contributed by atoms with E-state index in [1.807, 2.05) is 42.5 Å². The van der Waals surface area contributed by atoms with Crippen molar-refractivity contribution in [1.82, 2.24) is 14.9 Å². The molecular formula is C21H22N4O2. The molecule has 0 atom stereocenters. The summed E-state index contributed by atoms with van der Waals surface area (Å²) in [5.41, 5.74) is 3.31. The Morgan fingerprint density at radius 1 is 1.04 bits per heavy atom. The normalized spacial score (nSPS) is 10.3. The van der Waals surface area contributed by atoms with Crippen LogP contribution in [-0.4, -0.2) is 41.5 Å². The Balaban J connectivity index is 1.57. The molecule has 0 saturated carbocycles. The van der Waals surface area contributed by atoms with Gasteiger partial charge in [0.15, 0.2) is 0 Å². The second kappa shape index (κ2) is 8.80. The molecule has 0 bridgehead atoms. The number of likely N-dealkylation sites (N-methyl/N-ethyl adjacent to an activating group) is 1. The van der Waals surface area contributed by atoms with Crippen molar-refractivity contribution >= 4 is 17.3 Å². The van der Waals surface area contributed by atoms with Crippen LogP contribution in [0.1, 0.15) is 16.1 Å². The van der Waals surface area contributed by atoms with Crippen molar-refractivity contribution in [2.24, 2.45) is 0 Å². The molecule has 2 heterocycles. The molecule has 3 aromatic rings. The Morgan fingerprint density at radius 2 is 1.74 bits per heavy atom. The molecule has 1 N–H and O–H groups in total. The first kappa shape index (κ1) is 18.4. The van der Waals surface area contributed by atoms with E-state index < -0.39 is 0 Å². The minimum atomic E-state index is -0.0972. The zero-order chi connectivity index (χ0) is 19.1. The fourth-order valence-electron chi connectivity index (χ4n) is 2.58. The molecule has 0 aliphatic heterocycles. The van der Waals surface area contributed by atoms with Crippen LogP contribution in [0.4, 0.5) is 11.4 Å². The molecule has 0 fully saturated rings. The van der Waals surface area contributed by atoms with Gasteiger partial charge in [-0.3, -0.25) is 9.78 Å². The quantitative estimate of drug-likeness (QED) is 0.696. The molecule has 1 amide bonds. The molecule has 138 valence electrons. The van der Waals surface area contributed by atoms with Crippen LogP contribution in [0, 0.1) is 0 Å². The number of hydrogen-bond donors (Lipinski definition) is 1. The van der Waals surface area contributed by atoms with E-state index >= 15 is 0 Å². The minimum absolute atomic E-state index is 0.0972. The van der Waals surface area contributed by atoms with Crippen LogP contribution in [-0.2, 0) is 6.42 Å². The molecule has 1 aromatic carbocycles. The third kappa shape index (κ3) is 5.04. The van der Waals surface area contributed by atoms with Crippen LogP contribution < -0.4 is 10.1 Å². The zero-order valence-electron chi connectivity index (χ0n) is 15.4. The number of methoxy groups -OCH3 is 1. The van der Waals surface area contributed by atoms with Gasteiger partial charge >= 0.3 is 0 Å². The highest BCUT2D eigenvalue weighted by Crippen LogP contribution is 2.19. The number of amides is 1. The standard InChI is InChI=1S/C21H22N4O2/c1-25(14-11-16-9-12-22-13-10-16)21(26)20-8-5-18(15-23-20)24-17-3-6-19(27-2)7-4-17/h3-10,12-13,15,24H,11,14H2,1-2H3.